The van der Waals surface area contributed by atoms with Gasteiger partial charge in [-0.2, -0.15) is 0 Å². The van der Waals surface area contributed by atoms with Crippen LogP contribution in [0, 0.1) is 13.8 Å². The van der Waals surface area contributed by atoms with E-state index in [0.717, 1.165) is 5.56 Å². The second kappa shape index (κ2) is 5.87. The van der Waals surface area contributed by atoms with Gasteiger partial charge < -0.3 is 5.11 Å². The first-order valence-corrected chi connectivity index (χ1v) is 8.06. The van der Waals surface area contributed by atoms with Crippen LogP contribution in [0.1, 0.15) is 16.7 Å². The molecule has 112 valence electrons. The minimum Gasteiger partial charge on any atom is -0.392 e. The maximum absolute atomic E-state index is 12.8. The molecular weight excluding hydrogens is 286 g/mol. The van der Waals surface area contributed by atoms with Crippen molar-refractivity contribution in [1.29, 1.82) is 0 Å². The van der Waals surface area contributed by atoms with Crippen LogP contribution >= 0.6 is 0 Å². The Kier molecular flexibility index (Phi) is 4.34. The molecule has 0 aliphatic rings. The van der Waals surface area contributed by atoms with Gasteiger partial charge in [0.1, 0.15) is 0 Å². The van der Waals surface area contributed by atoms with Crippen molar-refractivity contribution in [3.63, 3.8) is 0 Å². The van der Waals surface area contributed by atoms with Gasteiger partial charge in [0.25, 0.3) is 10.0 Å². The van der Waals surface area contributed by atoms with Crippen molar-refractivity contribution in [2.75, 3.05) is 11.4 Å². The molecule has 1 N–H and O–H groups in total. The molecule has 0 heterocycles. The molecule has 0 amide bonds. The van der Waals surface area contributed by atoms with E-state index in [9.17, 15) is 13.5 Å². The lowest BCUT2D eigenvalue weighted by atomic mass is 10.2. The van der Waals surface area contributed by atoms with Crippen LogP contribution in [0.25, 0.3) is 0 Å². The van der Waals surface area contributed by atoms with Gasteiger partial charge in [-0.1, -0.05) is 29.8 Å². The molecule has 2 rings (SSSR count). The zero-order valence-electron chi connectivity index (χ0n) is 12.4. The molecule has 0 atom stereocenters. The average Bonchev–Trinajstić information content (AvgIpc) is 2.47. The van der Waals surface area contributed by atoms with E-state index < -0.39 is 10.0 Å². The summed E-state index contributed by atoms with van der Waals surface area (Å²) in [7, 11) is -2.11. The van der Waals surface area contributed by atoms with E-state index >= 15 is 0 Å². The minimum atomic E-state index is -3.65. The second-order valence-electron chi connectivity index (χ2n) is 5.07. The summed E-state index contributed by atoms with van der Waals surface area (Å²) in [6.45, 7) is 3.52. The topological polar surface area (TPSA) is 57.6 Å². The van der Waals surface area contributed by atoms with Crippen LogP contribution in [-0.2, 0) is 16.6 Å². The van der Waals surface area contributed by atoms with Gasteiger partial charge in [-0.05, 0) is 43.2 Å². The highest BCUT2D eigenvalue weighted by Gasteiger charge is 2.23. The Hall–Kier alpha value is -1.85. The molecule has 0 aromatic heterocycles. The molecule has 0 aliphatic heterocycles. The molecule has 0 aliphatic carbocycles. The third kappa shape index (κ3) is 3.09. The highest BCUT2D eigenvalue weighted by atomic mass is 32.2. The molecule has 21 heavy (non-hydrogen) atoms. The van der Waals surface area contributed by atoms with Crippen molar-refractivity contribution < 1.29 is 13.5 Å². The van der Waals surface area contributed by atoms with E-state index in [1.54, 1.807) is 31.2 Å². The van der Waals surface area contributed by atoms with Crippen molar-refractivity contribution in [2.24, 2.45) is 0 Å². The van der Waals surface area contributed by atoms with Crippen LogP contribution in [0.15, 0.2) is 47.4 Å². The number of aliphatic hydroxyl groups is 1. The standard InChI is InChI=1S/C16H19NO3S/c1-12-4-8-15(9-5-12)17(3)21(19,20)16-10-14(11-18)7-6-13(16)2/h4-10,18H,11H2,1-3H3. The Morgan fingerprint density at radius 1 is 1.05 bits per heavy atom. The van der Waals surface area contributed by atoms with Crippen LogP contribution in [0.4, 0.5) is 5.69 Å². The summed E-state index contributed by atoms with van der Waals surface area (Å²) in [5.41, 5.74) is 2.92. The van der Waals surface area contributed by atoms with E-state index in [-0.39, 0.29) is 11.5 Å². The van der Waals surface area contributed by atoms with Gasteiger partial charge in [0, 0.05) is 7.05 Å². The molecule has 0 unspecified atom stereocenters. The Labute approximate surface area is 125 Å². The van der Waals surface area contributed by atoms with Gasteiger partial charge >= 0.3 is 0 Å². The molecular formula is C16H19NO3S. The van der Waals surface area contributed by atoms with Crippen molar-refractivity contribution in [3.05, 3.63) is 59.2 Å². The summed E-state index contributed by atoms with van der Waals surface area (Å²) < 4.78 is 26.8. The fourth-order valence-electron chi connectivity index (χ4n) is 2.06. The molecule has 2 aromatic rings. The number of nitrogens with zero attached hydrogens (tertiary/aromatic N) is 1. The molecule has 5 heteroatoms. The molecule has 4 nitrogen and oxygen atoms in total. The van der Waals surface area contributed by atoms with Crippen molar-refractivity contribution >= 4 is 15.7 Å². The smallest absolute Gasteiger partial charge is 0.264 e. The predicted molar refractivity (Wildman–Crippen MR) is 83.9 cm³/mol. The molecule has 0 saturated carbocycles. The summed E-state index contributed by atoms with van der Waals surface area (Å²) in [4.78, 5) is 0.220. The van der Waals surface area contributed by atoms with Crippen LogP contribution < -0.4 is 4.31 Å². The summed E-state index contributed by atoms with van der Waals surface area (Å²) >= 11 is 0. The Morgan fingerprint density at radius 3 is 2.24 bits per heavy atom. The highest BCUT2D eigenvalue weighted by Crippen LogP contribution is 2.25. The minimum absolute atomic E-state index is 0.183. The first kappa shape index (κ1) is 15.5. The normalized spacial score (nSPS) is 11.4. The van der Waals surface area contributed by atoms with Gasteiger partial charge in [0.15, 0.2) is 0 Å². The van der Waals surface area contributed by atoms with Crippen LogP contribution in [0.2, 0.25) is 0 Å². The van der Waals surface area contributed by atoms with E-state index in [1.165, 1.54) is 17.4 Å². The molecule has 2 aromatic carbocycles. The number of sulfonamides is 1. The Balaban J connectivity index is 2.48. The third-order valence-electron chi connectivity index (χ3n) is 3.47. The van der Waals surface area contributed by atoms with Gasteiger partial charge in [-0.25, -0.2) is 8.42 Å². The van der Waals surface area contributed by atoms with Crippen molar-refractivity contribution in [3.8, 4) is 0 Å². The summed E-state index contributed by atoms with van der Waals surface area (Å²) in [6, 6.07) is 12.3. The molecule has 0 spiro atoms. The fourth-order valence-corrected chi connectivity index (χ4v) is 3.53. The first-order chi connectivity index (χ1) is 9.86. The van der Waals surface area contributed by atoms with E-state index in [4.69, 9.17) is 0 Å². The van der Waals surface area contributed by atoms with Crippen molar-refractivity contribution in [1.82, 2.24) is 0 Å². The number of aryl methyl sites for hydroxylation is 2. The van der Waals surface area contributed by atoms with Crippen LogP contribution in [0.3, 0.4) is 0 Å². The zero-order chi connectivity index (χ0) is 15.6. The number of anilines is 1. The van der Waals surface area contributed by atoms with Crippen molar-refractivity contribution in [2.45, 2.75) is 25.3 Å². The van der Waals surface area contributed by atoms with E-state index in [0.29, 0.717) is 16.8 Å². The number of hydrogen-bond acceptors (Lipinski definition) is 3. The quantitative estimate of drug-likeness (QED) is 0.944. The maximum Gasteiger partial charge on any atom is 0.264 e. The molecule has 0 fully saturated rings. The summed E-state index contributed by atoms with van der Waals surface area (Å²) in [5, 5.41) is 9.20. The number of benzene rings is 2. The molecule has 0 saturated heterocycles. The highest BCUT2D eigenvalue weighted by molar-refractivity contribution is 7.92. The van der Waals surface area contributed by atoms with Crippen LogP contribution in [0.5, 0.6) is 0 Å². The summed E-state index contributed by atoms with van der Waals surface area (Å²) in [5.74, 6) is 0. The zero-order valence-corrected chi connectivity index (χ0v) is 13.2. The number of aliphatic hydroxyl groups excluding tert-OH is 1. The number of hydrogen-bond donors (Lipinski definition) is 1. The molecule has 0 bridgehead atoms. The van der Waals surface area contributed by atoms with E-state index in [1.807, 2.05) is 19.1 Å². The average molecular weight is 305 g/mol. The van der Waals surface area contributed by atoms with Gasteiger partial charge in [0.2, 0.25) is 0 Å². The van der Waals surface area contributed by atoms with Crippen LogP contribution in [-0.4, -0.2) is 20.6 Å². The fraction of sp³-hybridized carbons (Fsp3) is 0.250. The van der Waals surface area contributed by atoms with Gasteiger partial charge in [-0.15, -0.1) is 0 Å². The SMILES string of the molecule is Cc1ccc(N(C)S(=O)(=O)c2cc(CO)ccc2C)cc1. The number of rotatable bonds is 4. The first-order valence-electron chi connectivity index (χ1n) is 6.62. The Morgan fingerprint density at radius 2 is 1.67 bits per heavy atom. The molecule has 0 radical (unpaired) electrons. The maximum atomic E-state index is 12.8. The Bertz CT molecular complexity index is 737. The lowest BCUT2D eigenvalue weighted by Crippen LogP contribution is -2.27. The lowest BCUT2D eigenvalue weighted by molar-refractivity contribution is 0.281. The van der Waals surface area contributed by atoms with Gasteiger partial charge in [0.05, 0.1) is 17.2 Å². The predicted octanol–water partition coefficient (Wildman–Crippen LogP) is 2.62. The second-order valence-corrected chi connectivity index (χ2v) is 7.00. The largest absolute Gasteiger partial charge is 0.392 e. The summed E-state index contributed by atoms with van der Waals surface area (Å²) in [6.07, 6.45) is 0. The monoisotopic (exact) mass is 305 g/mol. The van der Waals surface area contributed by atoms with Gasteiger partial charge in [-0.3, -0.25) is 4.31 Å². The van der Waals surface area contributed by atoms with E-state index in [2.05, 4.69) is 0 Å². The lowest BCUT2D eigenvalue weighted by Gasteiger charge is -2.21. The third-order valence-corrected chi connectivity index (χ3v) is 5.40.